The van der Waals surface area contributed by atoms with E-state index in [9.17, 15) is 0 Å². The van der Waals surface area contributed by atoms with Crippen molar-refractivity contribution in [3.63, 3.8) is 0 Å². The first kappa shape index (κ1) is 22.1. The van der Waals surface area contributed by atoms with Gasteiger partial charge in [0.25, 0.3) is 0 Å². The van der Waals surface area contributed by atoms with E-state index < -0.39 is 0 Å². The standard InChI is InChI=1S/C20H27N3O2.HI/c1-16(2)15-23-20(22-13-11-19-5-4-14-25-19)21-12-10-17-6-8-18(24-3)9-7-17;/h4-9,14H,1,10-13,15H2,2-3H3,(H2,21,22,23);1H. The molecule has 0 radical (unpaired) electrons. The first-order chi connectivity index (χ1) is 12.2. The number of hydrogen-bond acceptors (Lipinski definition) is 3. The van der Waals surface area contributed by atoms with Crippen LogP contribution in [0.1, 0.15) is 18.2 Å². The van der Waals surface area contributed by atoms with Crippen LogP contribution in [-0.2, 0) is 12.8 Å². The van der Waals surface area contributed by atoms with E-state index in [0.717, 1.165) is 49.0 Å². The van der Waals surface area contributed by atoms with Crippen molar-refractivity contribution in [3.05, 3.63) is 66.1 Å². The van der Waals surface area contributed by atoms with Crippen LogP contribution in [0, 0.1) is 0 Å². The van der Waals surface area contributed by atoms with Crippen LogP contribution in [0.4, 0.5) is 0 Å². The Kier molecular flexibility index (Phi) is 10.5. The molecule has 0 amide bonds. The number of benzene rings is 1. The summed E-state index contributed by atoms with van der Waals surface area (Å²) in [5.74, 6) is 2.63. The van der Waals surface area contributed by atoms with Crippen LogP contribution < -0.4 is 15.4 Å². The number of furan rings is 1. The van der Waals surface area contributed by atoms with Crippen molar-refractivity contribution in [3.8, 4) is 5.75 Å². The number of nitrogens with zero attached hydrogens (tertiary/aromatic N) is 1. The van der Waals surface area contributed by atoms with Crippen molar-refractivity contribution >= 4 is 29.9 Å². The summed E-state index contributed by atoms with van der Waals surface area (Å²) in [5, 5.41) is 6.70. The van der Waals surface area contributed by atoms with E-state index in [1.165, 1.54) is 5.56 Å². The number of halogens is 1. The van der Waals surface area contributed by atoms with Gasteiger partial charge in [0.15, 0.2) is 5.96 Å². The molecule has 0 saturated heterocycles. The third-order valence-corrected chi connectivity index (χ3v) is 3.62. The van der Waals surface area contributed by atoms with E-state index in [1.54, 1.807) is 13.4 Å². The largest absolute Gasteiger partial charge is 0.497 e. The second-order valence-corrected chi connectivity index (χ2v) is 5.90. The predicted octanol–water partition coefficient (Wildman–Crippen LogP) is 3.80. The number of hydrogen-bond donors (Lipinski definition) is 2. The molecule has 0 spiro atoms. The fourth-order valence-electron chi connectivity index (χ4n) is 2.26. The Hall–Kier alpha value is -1.96. The maximum Gasteiger partial charge on any atom is 0.191 e. The Bertz CT molecular complexity index is 667. The fraction of sp³-hybridized carbons (Fsp3) is 0.350. The summed E-state index contributed by atoms with van der Waals surface area (Å²) < 4.78 is 10.5. The summed E-state index contributed by atoms with van der Waals surface area (Å²) in [6.45, 7) is 8.05. The molecule has 6 heteroatoms. The first-order valence-corrected chi connectivity index (χ1v) is 8.49. The number of methoxy groups -OCH3 is 1. The molecule has 0 fully saturated rings. The summed E-state index contributed by atoms with van der Waals surface area (Å²) in [4.78, 5) is 4.54. The lowest BCUT2D eigenvalue weighted by Gasteiger charge is -2.12. The molecule has 2 rings (SSSR count). The number of ether oxygens (including phenoxy) is 1. The topological polar surface area (TPSA) is 58.8 Å². The molecular weight excluding hydrogens is 441 g/mol. The lowest BCUT2D eigenvalue weighted by molar-refractivity contribution is 0.414. The number of aliphatic imine (C=N–C) groups is 1. The predicted molar refractivity (Wildman–Crippen MR) is 118 cm³/mol. The van der Waals surface area contributed by atoms with Gasteiger partial charge in [-0.2, -0.15) is 0 Å². The highest BCUT2D eigenvalue weighted by Gasteiger charge is 2.01. The highest BCUT2D eigenvalue weighted by molar-refractivity contribution is 14.0. The van der Waals surface area contributed by atoms with Crippen LogP contribution in [0.2, 0.25) is 0 Å². The highest BCUT2D eigenvalue weighted by atomic mass is 127. The number of guanidine groups is 1. The molecule has 0 unspecified atom stereocenters. The lowest BCUT2D eigenvalue weighted by Crippen LogP contribution is -2.39. The zero-order valence-corrected chi connectivity index (χ0v) is 17.8. The van der Waals surface area contributed by atoms with Crippen molar-refractivity contribution in [2.75, 3.05) is 26.7 Å². The SMILES string of the molecule is C=C(C)CN=C(NCCc1ccc(OC)cc1)NCCc1ccco1.I. The lowest BCUT2D eigenvalue weighted by atomic mass is 10.1. The van der Waals surface area contributed by atoms with Crippen LogP contribution in [0.3, 0.4) is 0 Å². The highest BCUT2D eigenvalue weighted by Crippen LogP contribution is 2.11. The molecule has 0 saturated carbocycles. The van der Waals surface area contributed by atoms with Gasteiger partial charge in [-0.25, -0.2) is 4.99 Å². The van der Waals surface area contributed by atoms with Crippen molar-refractivity contribution in [1.82, 2.24) is 10.6 Å². The van der Waals surface area contributed by atoms with Crippen molar-refractivity contribution < 1.29 is 9.15 Å². The van der Waals surface area contributed by atoms with Crippen molar-refractivity contribution in [2.45, 2.75) is 19.8 Å². The summed E-state index contributed by atoms with van der Waals surface area (Å²) >= 11 is 0. The molecule has 1 heterocycles. The minimum Gasteiger partial charge on any atom is -0.497 e. The van der Waals surface area contributed by atoms with Crippen LogP contribution in [-0.4, -0.2) is 32.7 Å². The Morgan fingerprint density at radius 2 is 1.81 bits per heavy atom. The minimum absolute atomic E-state index is 0. The monoisotopic (exact) mass is 469 g/mol. The third-order valence-electron chi connectivity index (χ3n) is 3.62. The fourth-order valence-corrected chi connectivity index (χ4v) is 2.26. The summed E-state index contributed by atoms with van der Waals surface area (Å²) in [6.07, 6.45) is 3.42. The molecule has 2 N–H and O–H groups in total. The molecule has 0 atom stereocenters. The van der Waals surface area contributed by atoms with E-state index in [2.05, 4.69) is 34.3 Å². The van der Waals surface area contributed by atoms with Gasteiger partial charge in [-0.3, -0.25) is 0 Å². The van der Waals surface area contributed by atoms with Gasteiger partial charge in [-0.05, 0) is 43.2 Å². The van der Waals surface area contributed by atoms with Gasteiger partial charge in [0.2, 0.25) is 0 Å². The molecule has 1 aromatic heterocycles. The first-order valence-electron chi connectivity index (χ1n) is 8.49. The molecule has 0 aliphatic heterocycles. The van der Waals surface area contributed by atoms with Crippen LogP contribution in [0.25, 0.3) is 0 Å². The molecule has 5 nitrogen and oxygen atoms in total. The number of nitrogens with one attached hydrogen (secondary N) is 2. The average Bonchev–Trinajstić information content (AvgIpc) is 3.13. The van der Waals surface area contributed by atoms with Gasteiger partial charge < -0.3 is 19.8 Å². The van der Waals surface area contributed by atoms with Crippen LogP contribution in [0.15, 0.2) is 64.2 Å². The van der Waals surface area contributed by atoms with E-state index in [-0.39, 0.29) is 24.0 Å². The second kappa shape index (κ2) is 12.4. The molecule has 26 heavy (non-hydrogen) atoms. The van der Waals surface area contributed by atoms with E-state index in [4.69, 9.17) is 9.15 Å². The summed E-state index contributed by atoms with van der Waals surface area (Å²) in [6, 6.07) is 12.0. The molecule has 142 valence electrons. The zero-order chi connectivity index (χ0) is 17.9. The Balaban J connectivity index is 0.00000338. The molecular formula is C20H28IN3O2. The van der Waals surface area contributed by atoms with Crippen molar-refractivity contribution in [2.24, 2.45) is 4.99 Å². The smallest absolute Gasteiger partial charge is 0.191 e. The third kappa shape index (κ3) is 8.42. The summed E-state index contributed by atoms with van der Waals surface area (Å²) in [7, 11) is 1.68. The van der Waals surface area contributed by atoms with Gasteiger partial charge in [0, 0.05) is 19.5 Å². The second-order valence-electron chi connectivity index (χ2n) is 5.90. The Labute approximate surface area is 172 Å². The van der Waals surface area contributed by atoms with E-state index in [1.807, 2.05) is 31.2 Å². The normalized spacial score (nSPS) is 10.8. The minimum atomic E-state index is 0. The van der Waals surface area contributed by atoms with Gasteiger partial charge >= 0.3 is 0 Å². The molecule has 2 aromatic rings. The van der Waals surface area contributed by atoms with Gasteiger partial charge in [0.05, 0.1) is 19.9 Å². The Morgan fingerprint density at radius 3 is 2.38 bits per heavy atom. The quantitative estimate of drug-likeness (QED) is 0.254. The van der Waals surface area contributed by atoms with Gasteiger partial charge in [-0.1, -0.05) is 24.3 Å². The van der Waals surface area contributed by atoms with Crippen LogP contribution in [0.5, 0.6) is 5.75 Å². The molecule has 1 aromatic carbocycles. The summed E-state index contributed by atoms with van der Waals surface area (Å²) in [5.41, 5.74) is 2.28. The molecule has 0 aliphatic rings. The van der Waals surface area contributed by atoms with E-state index in [0.29, 0.717) is 6.54 Å². The van der Waals surface area contributed by atoms with Crippen LogP contribution >= 0.6 is 24.0 Å². The molecule has 0 bridgehead atoms. The van der Waals surface area contributed by atoms with Gasteiger partial charge in [0.1, 0.15) is 11.5 Å². The average molecular weight is 469 g/mol. The maximum absolute atomic E-state index is 5.35. The zero-order valence-electron chi connectivity index (χ0n) is 15.5. The Morgan fingerprint density at radius 1 is 1.12 bits per heavy atom. The van der Waals surface area contributed by atoms with Gasteiger partial charge in [-0.15, -0.1) is 24.0 Å². The maximum atomic E-state index is 5.35. The van der Waals surface area contributed by atoms with Crippen molar-refractivity contribution in [1.29, 1.82) is 0 Å². The number of rotatable bonds is 9. The van der Waals surface area contributed by atoms with E-state index >= 15 is 0 Å². The molecule has 0 aliphatic carbocycles.